The molecule has 1 unspecified atom stereocenters. The zero-order valence-electron chi connectivity index (χ0n) is 20.6. The molecule has 1 aromatic carbocycles. The van der Waals surface area contributed by atoms with Gasteiger partial charge in [0.25, 0.3) is 5.91 Å². The molecule has 0 aliphatic heterocycles. The van der Waals surface area contributed by atoms with Crippen molar-refractivity contribution in [1.82, 2.24) is 15.3 Å². The van der Waals surface area contributed by atoms with Crippen molar-refractivity contribution in [2.24, 2.45) is 0 Å². The molecule has 0 saturated heterocycles. The zero-order valence-corrected chi connectivity index (χ0v) is 21.4. The lowest BCUT2D eigenvalue weighted by Crippen LogP contribution is -2.38. The van der Waals surface area contributed by atoms with Gasteiger partial charge in [0.15, 0.2) is 5.78 Å². The molecule has 1 amide bonds. The number of rotatable bonds is 7. The molecule has 1 atom stereocenters. The van der Waals surface area contributed by atoms with Crippen LogP contribution in [0.3, 0.4) is 0 Å². The standard InChI is InChI=1S/C28H32ClN3O2/c1-8-17(2)12-13-19(4)26(33)22(7)32-28(34)23-15-14-20(5)30-27(31-21(6)16-23)25-18(3)10-9-11-24(25)29/h8-16,22H,1H2,2-7H3,(H,30,31)(H,32,34)/b17-12-,19-13+,20-14?,21-16?,23-15?. The largest absolute Gasteiger partial charge is 0.343 e. The van der Waals surface area contributed by atoms with Crippen molar-refractivity contribution in [3.8, 4) is 11.4 Å². The number of nitrogens with one attached hydrogen (secondary N) is 2. The molecule has 0 aliphatic rings. The number of hydrogen-bond acceptors (Lipinski definition) is 3. The first-order valence-corrected chi connectivity index (χ1v) is 11.4. The maximum Gasteiger partial charge on any atom is 0.251 e. The highest BCUT2D eigenvalue weighted by atomic mass is 35.5. The molecule has 0 radical (unpaired) electrons. The summed E-state index contributed by atoms with van der Waals surface area (Å²) in [5.74, 6) is 0.0948. The van der Waals surface area contributed by atoms with Crippen molar-refractivity contribution >= 4 is 23.3 Å². The van der Waals surface area contributed by atoms with Crippen LogP contribution in [0.1, 0.15) is 48.1 Å². The number of carbonyl (C=O) groups is 2. The number of halogens is 1. The molecule has 0 saturated carbocycles. The Labute approximate surface area is 207 Å². The van der Waals surface area contributed by atoms with Crippen molar-refractivity contribution in [3.63, 3.8) is 0 Å². The summed E-state index contributed by atoms with van der Waals surface area (Å²) >= 11 is 6.45. The van der Waals surface area contributed by atoms with E-state index in [9.17, 15) is 9.59 Å². The van der Waals surface area contributed by atoms with E-state index >= 15 is 0 Å². The quantitative estimate of drug-likeness (QED) is 0.351. The van der Waals surface area contributed by atoms with Crippen LogP contribution in [0.2, 0.25) is 5.02 Å². The highest BCUT2D eigenvalue weighted by Crippen LogP contribution is 2.28. The second-order valence-electron chi connectivity index (χ2n) is 8.30. The lowest BCUT2D eigenvalue weighted by Gasteiger charge is -2.13. The van der Waals surface area contributed by atoms with Crippen LogP contribution in [-0.4, -0.2) is 27.7 Å². The molecule has 1 aromatic heterocycles. The fourth-order valence-corrected chi connectivity index (χ4v) is 3.55. The SMILES string of the molecule is C=C/C(C)=C\C=C(/C)C(=O)C(C)NC(=O)c1ccc(C)nc(-c2c(C)cccc2Cl)[nH]c(C)c1. The Hall–Kier alpha value is -3.44. The molecule has 0 fully saturated rings. The molecule has 2 aromatic rings. The molecule has 178 valence electrons. The topological polar surface area (TPSA) is 74.8 Å². The lowest BCUT2D eigenvalue weighted by molar-refractivity contribution is -0.116. The van der Waals surface area contributed by atoms with E-state index in [0.717, 1.165) is 16.7 Å². The molecule has 5 nitrogen and oxygen atoms in total. The summed E-state index contributed by atoms with van der Waals surface area (Å²) in [6.45, 7) is 14.7. The van der Waals surface area contributed by atoms with Crippen LogP contribution in [0.25, 0.3) is 11.4 Å². The van der Waals surface area contributed by atoms with Crippen LogP contribution in [0.15, 0.2) is 72.4 Å². The van der Waals surface area contributed by atoms with Crippen LogP contribution in [-0.2, 0) is 4.79 Å². The predicted octanol–water partition coefficient (Wildman–Crippen LogP) is 6.55. The molecule has 0 aliphatic carbocycles. The van der Waals surface area contributed by atoms with E-state index in [-0.39, 0.29) is 11.7 Å². The Morgan fingerprint density at radius 1 is 1.12 bits per heavy atom. The number of benzene rings is 1. The molecule has 0 spiro atoms. The molecule has 2 rings (SSSR count). The second-order valence-corrected chi connectivity index (χ2v) is 8.71. The Balaban J connectivity index is 2.39. The predicted molar refractivity (Wildman–Crippen MR) is 141 cm³/mol. The number of aromatic amines is 1. The fourth-order valence-electron chi connectivity index (χ4n) is 3.24. The monoisotopic (exact) mass is 477 g/mol. The first kappa shape index (κ1) is 26.8. The lowest BCUT2D eigenvalue weighted by atomic mass is 10.1. The summed E-state index contributed by atoms with van der Waals surface area (Å²) in [6.07, 6.45) is 5.26. The summed E-state index contributed by atoms with van der Waals surface area (Å²) in [7, 11) is 0. The van der Waals surface area contributed by atoms with E-state index in [1.807, 2.05) is 52.0 Å². The van der Waals surface area contributed by atoms with Crippen LogP contribution in [0, 0.1) is 20.8 Å². The summed E-state index contributed by atoms with van der Waals surface area (Å²) in [5, 5.41) is 3.39. The van der Waals surface area contributed by atoms with E-state index in [1.165, 1.54) is 0 Å². The second kappa shape index (κ2) is 12.1. The maximum absolute atomic E-state index is 13.0. The number of ketones is 1. The Kier molecular flexibility index (Phi) is 9.58. The molecule has 1 heterocycles. The average molecular weight is 478 g/mol. The minimum absolute atomic E-state index is 0.157. The van der Waals surface area contributed by atoms with Gasteiger partial charge in [-0.15, -0.1) is 0 Å². The van der Waals surface area contributed by atoms with Crippen molar-refractivity contribution in [1.29, 1.82) is 0 Å². The first-order valence-electron chi connectivity index (χ1n) is 11.0. The van der Waals surface area contributed by atoms with Gasteiger partial charge in [-0.25, -0.2) is 4.98 Å². The molecule has 2 N–H and O–H groups in total. The van der Waals surface area contributed by atoms with E-state index < -0.39 is 6.04 Å². The highest BCUT2D eigenvalue weighted by molar-refractivity contribution is 6.33. The van der Waals surface area contributed by atoms with E-state index in [0.29, 0.717) is 33.4 Å². The summed E-state index contributed by atoms with van der Waals surface area (Å²) in [4.78, 5) is 33.6. The summed E-state index contributed by atoms with van der Waals surface area (Å²) in [5.41, 5.74) is 5.10. The van der Waals surface area contributed by atoms with Gasteiger partial charge in [-0.05, 0) is 76.9 Å². The van der Waals surface area contributed by atoms with Crippen molar-refractivity contribution in [2.75, 3.05) is 0 Å². The van der Waals surface area contributed by atoms with Crippen molar-refractivity contribution in [3.05, 3.63) is 99.9 Å². The minimum Gasteiger partial charge on any atom is -0.343 e. The number of hydrogen-bond donors (Lipinski definition) is 2. The number of carbonyl (C=O) groups excluding carboxylic acids is 2. The third kappa shape index (κ3) is 7.29. The number of allylic oxidation sites excluding steroid dienone is 4. The van der Waals surface area contributed by atoms with Crippen molar-refractivity contribution in [2.45, 2.75) is 47.6 Å². The number of aryl methyl sites for hydroxylation is 3. The van der Waals surface area contributed by atoms with Gasteiger partial charge in [0.05, 0.1) is 11.1 Å². The van der Waals surface area contributed by atoms with Gasteiger partial charge in [0.2, 0.25) is 0 Å². The molecule has 0 bridgehead atoms. The smallest absolute Gasteiger partial charge is 0.251 e. The van der Waals surface area contributed by atoms with Gasteiger partial charge < -0.3 is 10.3 Å². The van der Waals surface area contributed by atoms with E-state index in [4.69, 9.17) is 11.6 Å². The minimum atomic E-state index is -0.681. The normalized spacial score (nSPS) is 12.6. The number of amides is 1. The molecular formula is C28H32ClN3O2. The molecular weight excluding hydrogens is 446 g/mol. The van der Waals surface area contributed by atoms with Crippen molar-refractivity contribution < 1.29 is 9.59 Å². The first-order chi connectivity index (χ1) is 16.0. The third-order valence-corrected chi connectivity index (χ3v) is 5.56. The van der Waals surface area contributed by atoms with Gasteiger partial charge in [0.1, 0.15) is 5.82 Å². The van der Waals surface area contributed by atoms with Crippen LogP contribution < -0.4 is 5.32 Å². The van der Waals surface area contributed by atoms with Gasteiger partial charge in [-0.3, -0.25) is 9.59 Å². The Morgan fingerprint density at radius 3 is 2.47 bits per heavy atom. The fraction of sp³-hybridized carbons (Fsp3) is 0.250. The Morgan fingerprint density at radius 2 is 1.82 bits per heavy atom. The summed E-state index contributed by atoms with van der Waals surface area (Å²) in [6, 6.07) is 10.2. The van der Waals surface area contributed by atoms with Crippen LogP contribution >= 0.6 is 11.6 Å². The van der Waals surface area contributed by atoms with Crippen LogP contribution in [0.5, 0.6) is 0 Å². The number of nitrogens with zero attached hydrogens (tertiary/aromatic N) is 1. The number of aromatic nitrogens is 2. The van der Waals surface area contributed by atoms with E-state index in [1.54, 1.807) is 44.2 Å². The third-order valence-electron chi connectivity index (χ3n) is 5.25. The van der Waals surface area contributed by atoms with E-state index in [2.05, 4.69) is 21.9 Å². The van der Waals surface area contributed by atoms with Gasteiger partial charge in [0, 0.05) is 22.5 Å². The Bertz CT molecular complexity index is 1200. The van der Waals surface area contributed by atoms with Crippen LogP contribution in [0.4, 0.5) is 0 Å². The molecule has 6 heteroatoms. The average Bonchev–Trinajstić information content (AvgIpc) is 2.85. The highest BCUT2D eigenvalue weighted by Gasteiger charge is 2.18. The number of H-pyrrole nitrogens is 1. The van der Waals surface area contributed by atoms with Gasteiger partial charge in [-0.1, -0.05) is 54.1 Å². The van der Waals surface area contributed by atoms with Gasteiger partial charge in [-0.2, -0.15) is 0 Å². The molecule has 34 heavy (non-hydrogen) atoms. The zero-order chi connectivity index (χ0) is 25.4. The summed E-state index contributed by atoms with van der Waals surface area (Å²) < 4.78 is 0. The maximum atomic E-state index is 13.0. The van der Waals surface area contributed by atoms with Gasteiger partial charge >= 0.3 is 0 Å². The number of Topliss-reactive ketones (excluding diaryl/α,β-unsaturated/α-hetero) is 1.